The third kappa shape index (κ3) is 5.96. The zero-order valence-corrected chi connectivity index (χ0v) is 12.1. The first-order valence-corrected chi connectivity index (χ1v) is 8.10. The minimum atomic E-state index is -2.48. The second-order valence-electron chi connectivity index (χ2n) is 4.13. The summed E-state index contributed by atoms with van der Waals surface area (Å²) in [7, 11) is -0.794. The van der Waals surface area contributed by atoms with Crippen LogP contribution in [0, 0.1) is 5.92 Å². The van der Waals surface area contributed by atoms with Crippen LogP contribution in [-0.2, 0) is 13.3 Å². The van der Waals surface area contributed by atoms with Crippen molar-refractivity contribution in [3.05, 3.63) is 0 Å². The van der Waals surface area contributed by atoms with Gasteiger partial charge in [0.25, 0.3) is 0 Å². The Kier molecular flexibility index (Phi) is 9.16. The Labute approximate surface area is 101 Å². The molecule has 0 aromatic carbocycles. The maximum absolute atomic E-state index is 5.84. The minimum absolute atomic E-state index is 0.375. The molecular weight excluding hydrogens is 222 g/mol. The van der Waals surface area contributed by atoms with Crippen molar-refractivity contribution < 1.29 is 13.3 Å². The van der Waals surface area contributed by atoms with Crippen LogP contribution in [-0.4, -0.2) is 35.7 Å². The molecule has 0 bridgehead atoms. The van der Waals surface area contributed by atoms with Gasteiger partial charge in [0, 0.05) is 26.4 Å². The Morgan fingerprint density at radius 3 is 1.94 bits per heavy atom. The third-order valence-corrected chi connectivity index (χ3v) is 5.47. The SMILES string of the molecule is CCCO[Si](CC(C)CN)(OC)OCCC. The molecule has 0 aromatic rings. The summed E-state index contributed by atoms with van der Waals surface area (Å²) in [5.41, 5.74) is 5.65. The molecule has 4 nitrogen and oxygen atoms in total. The fourth-order valence-electron chi connectivity index (χ4n) is 1.39. The van der Waals surface area contributed by atoms with Gasteiger partial charge < -0.3 is 19.0 Å². The highest BCUT2D eigenvalue weighted by molar-refractivity contribution is 6.60. The van der Waals surface area contributed by atoms with Gasteiger partial charge in [0.15, 0.2) is 0 Å². The van der Waals surface area contributed by atoms with Gasteiger partial charge in [-0.2, -0.15) is 0 Å². The Morgan fingerprint density at radius 1 is 1.12 bits per heavy atom. The Morgan fingerprint density at radius 2 is 1.62 bits per heavy atom. The van der Waals surface area contributed by atoms with Crippen molar-refractivity contribution in [1.29, 1.82) is 0 Å². The van der Waals surface area contributed by atoms with Gasteiger partial charge in [-0.05, 0) is 25.3 Å². The van der Waals surface area contributed by atoms with E-state index in [1.165, 1.54) is 0 Å². The van der Waals surface area contributed by atoms with Gasteiger partial charge >= 0.3 is 8.80 Å². The van der Waals surface area contributed by atoms with E-state index in [0.29, 0.717) is 25.7 Å². The molecular formula is C11H27NO3Si. The molecule has 0 aliphatic carbocycles. The smallest absolute Gasteiger partial charge is 0.377 e. The van der Waals surface area contributed by atoms with E-state index in [2.05, 4.69) is 20.8 Å². The molecule has 98 valence electrons. The molecule has 2 N–H and O–H groups in total. The van der Waals surface area contributed by atoms with Crippen LogP contribution in [0.5, 0.6) is 0 Å². The average Bonchev–Trinajstić information content (AvgIpc) is 2.32. The summed E-state index contributed by atoms with van der Waals surface area (Å²) in [6, 6.07) is 0.806. The summed E-state index contributed by atoms with van der Waals surface area (Å²) in [4.78, 5) is 0. The molecule has 0 spiro atoms. The second kappa shape index (κ2) is 9.12. The maximum Gasteiger partial charge on any atom is 0.501 e. The lowest BCUT2D eigenvalue weighted by atomic mass is 10.2. The molecule has 0 aliphatic heterocycles. The van der Waals surface area contributed by atoms with E-state index in [-0.39, 0.29) is 0 Å². The molecule has 0 radical (unpaired) electrons. The summed E-state index contributed by atoms with van der Waals surface area (Å²) in [5.74, 6) is 0.375. The zero-order valence-electron chi connectivity index (χ0n) is 11.1. The van der Waals surface area contributed by atoms with Crippen LogP contribution in [0.25, 0.3) is 0 Å². The van der Waals surface area contributed by atoms with Crippen LogP contribution >= 0.6 is 0 Å². The van der Waals surface area contributed by atoms with Crippen LogP contribution in [0.2, 0.25) is 6.04 Å². The van der Waals surface area contributed by atoms with Gasteiger partial charge in [0.2, 0.25) is 0 Å². The van der Waals surface area contributed by atoms with E-state index in [4.69, 9.17) is 19.0 Å². The van der Waals surface area contributed by atoms with Gasteiger partial charge in [-0.15, -0.1) is 0 Å². The third-order valence-electron chi connectivity index (χ3n) is 2.36. The second-order valence-corrected chi connectivity index (χ2v) is 6.89. The zero-order chi connectivity index (χ0) is 12.4. The fraction of sp³-hybridized carbons (Fsp3) is 1.00. The number of nitrogens with two attached hydrogens (primary N) is 1. The molecule has 0 rings (SSSR count). The first kappa shape index (κ1) is 16.1. The fourth-order valence-corrected chi connectivity index (χ4v) is 4.16. The molecule has 16 heavy (non-hydrogen) atoms. The van der Waals surface area contributed by atoms with Crippen LogP contribution in [0.1, 0.15) is 33.6 Å². The van der Waals surface area contributed by atoms with E-state index >= 15 is 0 Å². The number of rotatable bonds is 10. The molecule has 5 heteroatoms. The summed E-state index contributed by atoms with van der Waals surface area (Å²) in [5, 5.41) is 0. The van der Waals surface area contributed by atoms with Crippen molar-refractivity contribution in [1.82, 2.24) is 0 Å². The minimum Gasteiger partial charge on any atom is -0.377 e. The Hall–Kier alpha value is 0.0569. The van der Waals surface area contributed by atoms with Crippen molar-refractivity contribution in [2.45, 2.75) is 39.7 Å². The molecule has 1 unspecified atom stereocenters. The quantitative estimate of drug-likeness (QED) is 0.602. The predicted octanol–water partition coefficient (Wildman–Crippen LogP) is 2.02. The van der Waals surface area contributed by atoms with Crippen molar-refractivity contribution in [3.8, 4) is 0 Å². The van der Waals surface area contributed by atoms with Gasteiger partial charge in [-0.3, -0.25) is 0 Å². The van der Waals surface area contributed by atoms with Gasteiger partial charge in [-0.1, -0.05) is 20.8 Å². The van der Waals surface area contributed by atoms with Crippen molar-refractivity contribution in [2.24, 2.45) is 11.7 Å². The summed E-state index contributed by atoms with van der Waals surface area (Å²) < 4.78 is 17.2. The molecule has 0 fully saturated rings. The lowest BCUT2D eigenvalue weighted by Gasteiger charge is -2.29. The highest BCUT2D eigenvalue weighted by Gasteiger charge is 2.41. The molecule has 0 saturated carbocycles. The highest BCUT2D eigenvalue weighted by atomic mass is 28.4. The van der Waals surface area contributed by atoms with Crippen LogP contribution in [0.4, 0.5) is 0 Å². The van der Waals surface area contributed by atoms with Crippen LogP contribution in [0.3, 0.4) is 0 Å². The lowest BCUT2D eigenvalue weighted by Crippen LogP contribution is -2.47. The average molecular weight is 249 g/mol. The number of hydrogen-bond acceptors (Lipinski definition) is 4. The molecule has 0 saturated heterocycles. The monoisotopic (exact) mass is 249 g/mol. The molecule has 0 heterocycles. The Bertz CT molecular complexity index is 161. The predicted molar refractivity (Wildman–Crippen MR) is 68.3 cm³/mol. The van der Waals surface area contributed by atoms with Gasteiger partial charge in [0.05, 0.1) is 0 Å². The normalized spacial score (nSPS) is 14.1. The Balaban J connectivity index is 4.39. The molecule has 0 aliphatic rings. The van der Waals surface area contributed by atoms with E-state index in [1.807, 2.05) is 0 Å². The standard InChI is InChI=1S/C11H27NO3Si/c1-5-7-14-16(13-4,15-8-6-2)10-11(3)9-12/h11H,5-10,12H2,1-4H3. The van der Waals surface area contributed by atoms with E-state index < -0.39 is 8.80 Å². The lowest BCUT2D eigenvalue weighted by molar-refractivity contribution is 0.0740. The first-order valence-electron chi connectivity index (χ1n) is 6.17. The van der Waals surface area contributed by atoms with Crippen molar-refractivity contribution in [2.75, 3.05) is 26.9 Å². The van der Waals surface area contributed by atoms with E-state index in [1.54, 1.807) is 7.11 Å². The molecule has 0 aromatic heterocycles. The summed E-state index contributed by atoms with van der Waals surface area (Å²) in [6.07, 6.45) is 1.95. The van der Waals surface area contributed by atoms with Gasteiger partial charge in [-0.25, -0.2) is 0 Å². The maximum atomic E-state index is 5.84. The topological polar surface area (TPSA) is 53.7 Å². The van der Waals surface area contributed by atoms with Crippen molar-refractivity contribution >= 4 is 8.80 Å². The first-order chi connectivity index (χ1) is 7.64. The van der Waals surface area contributed by atoms with Gasteiger partial charge in [0.1, 0.15) is 0 Å². The largest absolute Gasteiger partial charge is 0.501 e. The molecule has 0 amide bonds. The number of hydrogen-bond donors (Lipinski definition) is 1. The summed E-state index contributed by atoms with van der Waals surface area (Å²) in [6.45, 7) is 8.30. The van der Waals surface area contributed by atoms with Crippen molar-refractivity contribution in [3.63, 3.8) is 0 Å². The summed E-state index contributed by atoms with van der Waals surface area (Å²) >= 11 is 0. The molecule has 1 atom stereocenters. The van der Waals surface area contributed by atoms with Crippen LogP contribution < -0.4 is 5.73 Å². The van der Waals surface area contributed by atoms with E-state index in [9.17, 15) is 0 Å². The van der Waals surface area contributed by atoms with Crippen LogP contribution in [0.15, 0.2) is 0 Å². The highest BCUT2D eigenvalue weighted by Crippen LogP contribution is 2.20. The van der Waals surface area contributed by atoms with E-state index in [0.717, 1.165) is 18.9 Å².